The van der Waals surface area contributed by atoms with Gasteiger partial charge in [-0.15, -0.1) is 0 Å². The van der Waals surface area contributed by atoms with Gasteiger partial charge >= 0.3 is 0 Å². The molecule has 0 aliphatic rings. The Kier molecular flexibility index (Phi) is 6.00. The molecular weight excluding hydrogens is 384 g/mol. The van der Waals surface area contributed by atoms with Crippen molar-refractivity contribution in [1.29, 1.82) is 5.26 Å². The van der Waals surface area contributed by atoms with E-state index in [-0.39, 0.29) is 0 Å². The van der Waals surface area contributed by atoms with Crippen LogP contribution >= 0.6 is 0 Å². The molecule has 0 aliphatic heterocycles. The van der Waals surface area contributed by atoms with Crippen molar-refractivity contribution in [1.82, 2.24) is 9.97 Å². The lowest BCUT2D eigenvalue weighted by molar-refractivity contribution is 0.317. The van der Waals surface area contributed by atoms with Crippen LogP contribution in [0.1, 0.15) is 35.6 Å². The summed E-state index contributed by atoms with van der Waals surface area (Å²) in [4.78, 5) is 7.47. The summed E-state index contributed by atoms with van der Waals surface area (Å²) in [5.41, 5.74) is 6.30. The molecule has 2 aromatic heterocycles. The van der Waals surface area contributed by atoms with E-state index in [0.717, 1.165) is 51.1 Å². The summed E-state index contributed by atoms with van der Waals surface area (Å²) in [7, 11) is 0. The number of aromatic nitrogens is 2. The van der Waals surface area contributed by atoms with E-state index in [1.165, 1.54) is 0 Å². The SMILES string of the molecule is CCCOc1ccc(C=Cc2cncc(C#N)c2Nc2ccc3[nH]ccc3c2C)cc1. The second-order valence-electron chi connectivity index (χ2n) is 7.32. The highest BCUT2D eigenvalue weighted by atomic mass is 16.5. The molecule has 4 rings (SSSR count). The Balaban J connectivity index is 1.63. The first-order chi connectivity index (χ1) is 15.2. The van der Waals surface area contributed by atoms with E-state index in [4.69, 9.17) is 4.74 Å². The Bertz CT molecular complexity index is 1260. The van der Waals surface area contributed by atoms with Gasteiger partial charge in [-0.3, -0.25) is 4.98 Å². The van der Waals surface area contributed by atoms with Crippen molar-refractivity contribution in [2.45, 2.75) is 20.3 Å². The molecule has 31 heavy (non-hydrogen) atoms. The zero-order chi connectivity index (χ0) is 21.6. The summed E-state index contributed by atoms with van der Waals surface area (Å²) in [5.74, 6) is 0.866. The van der Waals surface area contributed by atoms with Crippen molar-refractivity contribution in [2.75, 3.05) is 11.9 Å². The highest BCUT2D eigenvalue weighted by Crippen LogP contribution is 2.31. The van der Waals surface area contributed by atoms with Gasteiger partial charge in [-0.05, 0) is 54.8 Å². The lowest BCUT2D eigenvalue weighted by Crippen LogP contribution is -1.99. The Morgan fingerprint density at radius 1 is 1.10 bits per heavy atom. The minimum absolute atomic E-state index is 0.499. The fraction of sp³-hybridized carbons (Fsp3) is 0.154. The maximum absolute atomic E-state index is 9.64. The van der Waals surface area contributed by atoms with Gasteiger partial charge in [0.2, 0.25) is 0 Å². The largest absolute Gasteiger partial charge is 0.494 e. The number of fused-ring (bicyclic) bond motifs is 1. The third-order valence-electron chi connectivity index (χ3n) is 5.17. The molecule has 0 saturated carbocycles. The number of pyridine rings is 1. The normalized spacial score (nSPS) is 11.0. The standard InChI is InChI=1S/C26H24N4O/c1-3-14-31-22-8-5-19(6-9-22)4-7-20-16-28-17-21(15-27)26(20)30-24-10-11-25-23(18(24)2)12-13-29-25/h4-13,16-17,29H,3,14H2,1-2H3,(H,28,30). The topological polar surface area (TPSA) is 73.7 Å². The molecule has 154 valence electrons. The van der Waals surface area contributed by atoms with Crippen LogP contribution in [0, 0.1) is 18.3 Å². The zero-order valence-electron chi connectivity index (χ0n) is 17.6. The number of nitriles is 1. The molecule has 5 heteroatoms. The predicted molar refractivity (Wildman–Crippen MR) is 126 cm³/mol. The number of hydrogen-bond acceptors (Lipinski definition) is 4. The van der Waals surface area contributed by atoms with Crippen LogP contribution in [0.5, 0.6) is 5.75 Å². The van der Waals surface area contributed by atoms with Gasteiger partial charge in [0.1, 0.15) is 11.8 Å². The lowest BCUT2D eigenvalue weighted by atomic mass is 10.1. The molecular formula is C26H24N4O. The second-order valence-corrected chi connectivity index (χ2v) is 7.32. The van der Waals surface area contributed by atoms with Gasteiger partial charge in [0.05, 0.1) is 17.9 Å². The fourth-order valence-corrected chi connectivity index (χ4v) is 3.46. The lowest BCUT2D eigenvalue weighted by Gasteiger charge is -2.14. The Labute approximate surface area is 182 Å². The molecule has 0 unspecified atom stereocenters. The van der Waals surface area contributed by atoms with Crippen LogP contribution in [-0.2, 0) is 0 Å². The van der Waals surface area contributed by atoms with Crippen molar-refractivity contribution in [2.24, 2.45) is 0 Å². The molecule has 0 radical (unpaired) electrons. The van der Waals surface area contributed by atoms with Gasteiger partial charge in [0, 0.05) is 40.7 Å². The molecule has 2 N–H and O–H groups in total. The summed E-state index contributed by atoms with van der Waals surface area (Å²) < 4.78 is 5.64. The minimum Gasteiger partial charge on any atom is -0.494 e. The van der Waals surface area contributed by atoms with Crippen LogP contribution in [-0.4, -0.2) is 16.6 Å². The molecule has 0 saturated heterocycles. The van der Waals surface area contributed by atoms with Crippen molar-refractivity contribution in [3.8, 4) is 11.8 Å². The van der Waals surface area contributed by atoms with Crippen molar-refractivity contribution < 1.29 is 4.74 Å². The van der Waals surface area contributed by atoms with E-state index in [2.05, 4.69) is 41.3 Å². The number of nitrogens with one attached hydrogen (secondary N) is 2. The van der Waals surface area contributed by atoms with E-state index < -0.39 is 0 Å². The van der Waals surface area contributed by atoms with Gasteiger partial charge in [-0.25, -0.2) is 0 Å². The van der Waals surface area contributed by atoms with Gasteiger partial charge in [0.15, 0.2) is 0 Å². The van der Waals surface area contributed by atoms with Gasteiger partial charge in [0.25, 0.3) is 0 Å². The first-order valence-corrected chi connectivity index (χ1v) is 10.3. The van der Waals surface area contributed by atoms with Gasteiger partial charge in [-0.1, -0.05) is 31.2 Å². The van der Waals surface area contributed by atoms with E-state index in [9.17, 15) is 5.26 Å². The zero-order valence-corrected chi connectivity index (χ0v) is 17.6. The molecule has 0 spiro atoms. The molecule has 0 fully saturated rings. The third kappa shape index (κ3) is 4.44. The highest BCUT2D eigenvalue weighted by Gasteiger charge is 2.11. The number of hydrogen-bond donors (Lipinski definition) is 2. The fourth-order valence-electron chi connectivity index (χ4n) is 3.46. The number of nitrogens with zero attached hydrogens (tertiary/aromatic N) is 2. The molecule has 2 heterocycles. The van der Waals surface area contributed by atoms with E-state index in [0.29, 0.717) is 12.2 Å². The van der Waals surface area contributed by atoms with Gasteiger partial charge in [-0.2, -0.15) is 5.26 Å². The van der Waals surface area contributed by atoms with Crippen LogP contribution in [0.2, 0.25) is 0 Å². The molecule has 0 aliphatic carbocycles. The smallest absolute Gasteiger partial charge is 0.119 e. The number of H-pyrrole nitrogens is 1. The second kappa shape index (κ2) is 9.19. The number of benzene rings is 2. The van der Waals surface area contributed by atoms with Crippen LogP contribution in [0.15, 0.2) is 61.1 Å². The maximum Gasteiger partial charge on any atom is 0.119 e. The monoisotopic (exact) mass is 408 g/mol. The average molecular weight is 409 g/mol. The quantitative estimate of drug-likeness (QED) is 0.369. The van der Waals surface area contributed by atoms with E-state index in [1.54, 1.807) is 12.4 Å². The predicted octanol–water partition coefficient (Wildman–Crippen LogP) is 6.45. The van der Waals surface area contributed by atoms with Crippen molar-refractivity contribution in [3.05, 3.63) is 83.3 Å². The Hall–Kier alpha value is -4.04. The minimum atomic E-state index is 0.499. The molecule has 4 aromatic rings. The van der Waals surface area contributed by atoms with E-state index >= 15 is 0 Å². The molecule has 0 atom stereocenters. The van der Waals surface area contributed by atoms with Crippen LogP contribution in [0.4, 0.5) is 11.4 Å². The summed E-state index contributed by atoms with van der Waals surface area (Å²) in [5, 5.41) is 14.3. The molecule has 0 bridgehead atoms. The Morgan fingerprint density at radius 2 is 1.94 bits per heavy atom. The third-order valence-corrected chi connectivity index (χ3v) is 5.17. The molecule has 5 nitrogen and oxygen atoms in total. The van der Waals surface area contributed by atoms with Crippen molar-refractivity contribution >= 4 is 34.4 Å². The first kappa shape index (κ1) is 20.2. The average Bonchev–Trinajstić information content (AvgIpc) is 3.29. The summed E-state index contributed by atoms with van der Waals surface area (Å²) in [6.45, 7) is 4.87. The number of anilines is 2. The number of ether oxygens (including phenoxy) is 1. The van der Waals surface area contributed by atoms with E-state index in [1.807, 2.05) is 54.7 Å². The number of rotatable bonds is 7. The first-order valence-electron chi connectivity index (χ1n) is 10.3. The van der Waals surface area contributed by atoms with Crippen LogP contribution in [0.3, 0.4) is 0 Å². The van der Waals surface area contributed by atoms with Crippen LogP contribution in [0.25, 0.3) is 23.1 Å². The highest BCUT2D eigenvalue weighted by molar-refractivity contribution is 5.90. The molecule has 0 amide bonds. The maximum atomic E-state index is 9.64. The summed E-state index contributed by atoms with van der Waals surface area (Å²) in [6, 6.07) is 16.3. The Morgan fingerprint density at radius 3 is 2.71 bits per heavy atom. The molecule has 2 aromatic carbocycles. The number of aryl methyl sites for hydroxylation is 1. The van der Waals surface area contributed by atoms with Gasteiger partial charge < -0.3 is 15.0 Å². The summed E-state index contributed by atoms with van der Waals surface area (Å²) in [6.07, 6.45) is 10.3. The van der Waals surface area contributed by atoms with Crippen molar-refractivity contribution in [3.63, 3.8) is 0 Å². The van der Waals surface area contributed by atoms with Crippen LogP contribution < -0.4 is 10.1 Å². The summed E-state index contributed by atoms with van der Waals surface area (Å²) >= 11 is 0. The number of aromatic amines is 1.